The molecule has 0 unspecified atom stereocenters. The van der Waals surface area contributed by atoms with E-state index in [4.69, 9.17) is 0 Å². The van der Waals surface area contributed by atoms with Crippen molar-refractivity contribution in [2.45, 2.75) is 32.1 Å². The van der Waals surface area contributed by atoms with Gasteiger partial charge < -0.3 is 4.90 Å². The Morgan fingerprint density at radius 3 is 2.57 bits per heavy atom. The highest BCUT2D eigenvalue weighted by molar-refractivity contribution is 5.94. The molecule has 2 aliphatic rings. The van der Waals surface area contributed by atoms with Crippen molar-refractivity contribution in [2.24, 2.45) is 0 Å². The fraction of sp³-hybridized carbons (Fsp3) is 0.500. The van der Waals surface area contributed by atoms with Crippen molar-refractivity contribution in [1.82, 2.24) is 4.90 Å². The van der Waals surface area contributed by atoms with Crippen molar-refractivity contribution in [2.75, 3.05) is 31.6 Å². The third kappa shape index (κ3) is 2.51. The summed E-state index contributed by atoms with van der Waals surface area (Å²) in [6.07, 6.45) is 4.31. The van der Waals surface area contributed by atoms with Crippen LogP contribution in [0.2, 0.25) is 0 Å². The fourth-order valence-electron chi connectivity index (χ4n) is 3.62. The molecule has 21 heavy (non-hydrogen) atoms. The number of carbonyl (C=O) groups excluding carboxylic acids is 1. The van der Waals surface area contributed by atoms with Crippen LogP contribution >= 0.6 is 0 Å². The third-order valence-corrected chi connectivity index (χ3v) is 4.82. The minimum Gasteiger partial charge on any atom is -0.347 e. The van der Waals surface area contributed by atoms with Gasteiger partial charge in [-0.25, -0.2) is 0 Å². The largest absolute Gasteiger partial charge is 0.347 e. The van der Waals surface area contributed by atoms with Gasteiger partial charge in [0, 0.05) is 29.9 Å². The zero-order valence-corrected chi connectivity index (χ0v) is 13.2. The van der Waals surface area contributed by atoms with Gasteiger partial charge in [0.25, 0.3) is 0 Å². The number of para-hydroxylation sites is 1. The molecule has 2 aliphatic heterocycles. The summed E-state index contributed by atoms with van der Waals surface area (Å²) < 4.78 is 0. The summed E-state index contributed by atoms with van der Waals surface area (Å²) in [6, 6.07) is 8.42. The van der Waals surface area contributed by atoms with E-state index in [0.29, 0.717) is 6.54 Å². The number of hydrogen-bond donors (Lipinski definition) is 0. The smallest absolute Gasteiger partial charge is 0.171 e. The Kier molecular flexibility index (Phi) is 3.62. The number of rotatable bonds is 3. The van der Waals surface area contributed by atoms with Crippen LogP contribution in [0.3, 0.4) is 0 Å². The maximum Gasteiger partial charge on any atom is 0.171 e. The molecule has 1 fully saturated rings. The molecule has 112 valence electrons. The van der Waals surface area contributed by atoms with Gasteiger partial charge in [0.05, 0.1) is 6.54 Å². The van der Waals surface area contributed by atoms with E-state index in [-0.39, 0.29) is 11.2 Å². The van der Waals surface area contributed by atoms with E-state index in [1.807, 2.05) is 6.08 Å². The minimum absolute atomic E-state index is 0.105. The van der Waals surface area contributed by atoms with Crippen molar-refractivity contribution in [3.05, 3.63) is 41.6 Å². The summed E-state index contributed by atoms with van der Waals surface area (Å²) in [4.78, 5) is 16.8. The fourth-order valence-corrected chi connectivity index (χ4v) is 3.62. The third-order valence-electron chi connectivity index (χ3n) is 4.82. The van der Waals surface area contributed by atoms with Crippen molar-refractivity contribution in [3.8, 4) is 0 Å². The Labute approximate surface area is 127 Å². The zero-order chi connectivity index (χ0) is 15.0. The number of hydrogen-bond acceptors (Lipinski definition) is 3. The van der Waals surface area contributed by atoms with Crippen molar-refractivity contribution >= 4 is 11.5 Å². The number of carbonyl (C=O) groups is 1. The van der Waals surface area contributed by atoms with Crippen molar-refractivity contribution in [3.63, 3.8) is 0 Å². The molecule has 3 heteroatoms. The number of allylic oxidation sites excluding steroid dienone is 1. The minimum atomic E-state index is -0.105. The maximum atomic E-state index is 12.4. The first-order valence-corrected chi connectivity index (χ1v) is 7.81. The van der Waals surface area contributed by atoms with Gasteiger partial charge in [-0.1, -0.05) is 32.0 Å². The number of benzene rings is 1. The molecule has 1 aromatic carbocycles. The van der Waals surface area contributed by atoms with Crippen LogP contribution in [0.4, 0.5) is 5.69 Å². The topological polar surface area (TPSA) is 23.6 Å². The number of anilines is 1. The summed E-state index contributed by atoms with van der Waals surface area (Å²) in [7, 11) is 2.06. The Bertz CT molecular complexity index is 583. The number of likely N-dealkylation sites (N-methyl/N-ethyl adjacent to an activating group) is 1. The van der Waals surface area contributed by atoms with Crippen molar-refractivity contribution < 1.29 is 4.79 Å². The van der Waals surface area contributed by atoms with E-state index >= 15 is 0 Å². The molecule has 3 nitrogen and oxygen atoms in total. The van der Waals surface area contributed by atoms with Crippen LogP contribution < -0.4 is 4.90 Å². The standard InChI is InChI=1S/C18H24N2O/c1-18(2)15-8-4-5-9-16(15)19(3)17(18)12-14(21)13-20-10-6-7-11-20/h4-5,8-9,12H,6-7,10-11,13H2,1-3H3/b17-12+. The van der Waals surface area contributed by atoms with Crippen LogP contribution in [0.15, 0.2) is 36.0 Å². The number of fused-ring (bicyclic) bond motifs is 1. The van der Waals surface area contributed by atoms with E-state index in [1.54, 1.807) is 0 Å². The Morgan fingerprint density at radius 2 is 1.90 bits per heavy atom. The van der Waals surface area contributed by atoms with Crippen LogP contribution in [-0.2, 0) is 10.2 Å². The van der Waals surface area contributed by atoms with E-state index in [1.165, 1.54) is 24.1 Å². The van der Waals surface area contributed by atoms with Gasteiger partial charge in [0.15, 0.2) is 5.78 Å². The highest BCUT2D eigenvalue weighted by atomic mass is 16.1. The van der Waals surface area contributed by atoms with E-state index in [9.17, 15) is 4.79 Å². The summed E-state index contributed by atoms with van der Waals surface area (Å²) in [5, 5.41) is 0. The van der Waals surface area contributed by atoms with Crippen LogP contribution in [0.5, 0.6) is 0 Å². The normalized spacial score (nSPS) is 22.8. The number of ketones is 1. The number of likely N-dealkylation sites (tertiary alicyclic amines) is 1. The Hall–Kier alpha value is -1.61. The van der Waals surface area contributed by atoms with Gasteiger partial charge in [-0.2, -0.15) is 0 Å². The SMILES string of the molecule is CN1/C(=C/C(=O)CN2CCCC2)C(C)(C)c2ccccc21. The van der Waals surface area contributed by atoms with Gasteiger partial charge in [-0.15, -0.1) is 0 Å². The molecule has 0 spiro atoms. The molecule has 2 heterocycles. The summed E-state index contributed by atoms with van der Waals surface area (Å²) in [5.74, 6) is 0.222. The van der Waals surface area contributed by atoms with Crippen LogP contribution in [0.1, 0.15) is 32.3 Å². The lowest BCUT2D eigenvalue weighted by Gasteiger charge is -2.24. The molecule has 0 amide bonds. The average molecular weight is 284 g/mol. The van der Waals surface area contributed by atoms with Gasteiger partial charge in [-0.3, -0.25) is 9.69 Å². The second kappa shape index (κ2) is 5.30. The first-order chi connectivity index (χ1) is 10.00. The highest BCUT2D eigenvalue weighted by Gasteiger charge is 2.38. The zero-order valence-electron chi connectivity index (χ0n) is 13.2. The van der Waals surface area contributed by atoms with Gasteiger partial charge in [-0.05, 0) is 37.6 Å². The predicted octanol–water partition coefficient (Wildman–Crippen LogP) is 2.96. The molecular formula is C18H24N2O. The lowest BCUT2D eigenvalue weighted by atomic mass is 9.83. The molecule has 3 rings (SSSR count). The summed E-state index contributed by atoms with van der Waals surface area (Å²) in [6.45, 7) is 7.08. The first-order valence-electron chi connectivity index (χ1n) is 7.81. The lowest BCUT2D eigenvalue weighted by Crippen LogP contribution is -2.29. The van der Waals surface area contributed by atoms with Crippen molar-refractivity contribution in [1.29, 1.82) is 0 Å². The van der Waals surface area contributed by atoms with Crippen LogP contribution in [0.25, 0.3) is 0 Å². The van der Waals surface area contributed by atoms with Gasteiger partial charge >= 0.3 is 0 Å². The summed E-state index contributed by atoms with van der Waals surface area (Å²) in [5.41, 5.74) is 3.51. The summed E-state index contributed by atoms with van der Waals surface area (Å²) >= 11 is 0. The molecule has 0 radical (unpaired) electrons. The average Bonchev–Trinajstić information content (AvgIpc) is 3.02. The van der Waals surface area contributed by atoms with Crippen LogP contribution in [-0.4, -0.2) is 37.4 Å². The molecule has 1 aromatic rings. The monoisotopic (exact) mass is 284 g/mol. The van der Waals surface area contributed by atoms with E-state index < -0.39 is 0 Å². The molecule has 0 aliphatic carbocycles. The molecule has 0 aromatic heterocycles. The van der Waals surface area contributed by atoms with E-state index in [0.717, 1.165) is 18.8 Å². The molecule has 0 atom stereocenters. The Morgan fingerprint density at radius 1 is 1.24 bits per heavy atom. The van der Waals surface area contributed by atoms with Crippen LogP contribution in [0, 0.1) is 0 Å². The highest BCUT2D eigenvalue weighted by Crippen LogP contribution is 2.46. The van der Waals surface area contributed by atoms with E-state index in [2.05, 4.69) is 55.0 Å². The maximum absolute atomic E-state index is 12.4. The molecule has 1 saturated heterocycles. The predicted molar refractivity (Wildman–Crippen MR) is 86.6 cm³/mol. The second-order valence-corrected chi connectivity index (χ2v) is 6.68. The second-order valence-electron chi connectivity index (χ2n) is 6.68. The molecule has 0 N–H and O–H groups in total. The lowest BCUT2D eigenvalue weighted by molar-refractivity contribution is -0.115. The quantitative estimate of drug-likeness (QED) is 0.797. The Balaban J connectivity index is 1.85. The first kappa shape index (κ1) is 14.3. The van der Waals surface area contributed by atoms with Gasteiger partial charge in [0.1, 0.15) is 0 Å². The molecule has 0 bridgehead atoms. The molecular weight excluding hydrogens is 260 g/mol. The number of nitrogens with zero attached hydrogens (tertiary/aromatic N) is 2. The molecule has 0 saturated carbocycles. The van der Waals surface area contributed by atoms with Gasteiger partial charge in [0.2, 0.25) is 0 Å².